The first kappa shape index (κ1) is 16.5. The van der Waals surface area contributed by atoms with Crippen molar-refractivity contribution in [2.75, 3.05) is 13.1 Å². The van der Waals surface area contributed by atoms with Crippen molar-refractivity contribution in [3.05, 3.63) is 12.2 Å². The van der Waals surface area contributed by atoms with Crippen LogP contribution in [0.25, 0.3) is 0 Å². The summed E-state index contributed by atoms with van der Waals surface area (Å²) in [7, 11) is 0. The molecule has 1 saturated heterocycles. The molecule has 6 aliphatic rings. The summed E-state index contributed by atoms with van der Waals surface area (Å²) < 4.78 is 0. The van der Waals surface area contributed by atoms with E-state index >= 15 is 0 Å². The molecule has 0 aromatic rings. The fraction of sp³-hybridized carbons (Fsp3) is 0.909. The fourth-order valence-corrected chi connectivity index (χ4v) is 9.97. The normalized spacial score (nSPS) is 65.5. The second-order valence-corrected chi connectivity index (χ2v) is 10.9. The third-order valence-corrected chi connectivity index (χ3v) is 10.6. The first-order valence-electron chi connectivity index (χ1n) is 10.8. The lowest BCUT2D eigenvalue weighted by atomic mass is 9.43. The maximum atomic E-state index is 11.5. The van der Waals surface area contributed by atoms with Crippen molar-refractivity contribution >= 4 is 0 Å². The molecule has 3 N–H and O–H groups in total. The van der Waals surface area contributed by atoms with Gasteiger partial charge in [-0.15, -0.1) is 0 Å². The quantitative estimate of drug-likeness (QED) is 0.625. The standard InChI is InChI=1S/C22H33NO3/c1-4-23-10-20(3)6-5-17(25)22-15(20)7-13(18(22)23)21-9-12(11(2)19(21)26)14(24)8-16(21)22/h12-19,24-26H,2,4-10H2,1,3H3/t12-,13?,14+,15-,16-,17+,18?,19-,20+,21?,22?/m1/s1. The number of hydrogen-bond acceptors (Lipinski definition) is 4. The van der Waals surface area contributed by atoms with E-state index < -0.39 is 12.2 Å². The molecule has 1 aliphatic heterocycles. The van der Waals surface area contributed by atoms with Crippen molar-refractivity contribution in [2.24, 2.45) is 39.9 Å². The minimum atomic E-state index is -0.500. The van der Waals surface area contributed by atoms with Crippen LogP contribution in [0.3, 0.4) is 0 Å². The number of aliphatic hydroxyl groups excluding tert-OH is 3. The van der Waals surface area contributed by atoms with E-state index in [0.717, 1.165) is 50.8 Å². The highest BCUT2D eigenvalue weighted by Crippen LogP contribution is 2.83. The van der Waals surface area contributed by atoms with Crippen LogP contribution in [0.4, 0.5) is 0 Å². The Kier molecular flexibility index (Phi) is 2.92. The summed E-state index contributed by atoms with van der Waals surface area (Å²) in [5.74, 6) is 1.26. The average molecular weight is 360 g/mol. The molecule has 6 rings (SSSR count). The third-order valence-electron chi connectivity index (χ3n) is 10.6. The Morgan fingerprint density at radius 1 is 1.19 bits per heavy atom. The molecule has 4 unspecified atom stereocenters. The summed E-state index contributed by atoms with van der Waals surface area (Å²) in [5.41, 5.74) is 0.849. The zero-order chi connectivity index (χ0) is 18.2. The number of likely N-dealkylation sites (tertiary alicyclic amines) is 1. The highest BCUT2D eigenvalue weighted by molar-refractivity contribution is 5.39. The third kappa shape index (κ3) is 1.37. The molecule has 26 heavy (non-hydrogen) atoms. The van der Waals surface area contributed by atoms with E-state index in [2.05, 4.69) is 25.3 Å². The molecule has 0 radical (unpaired) electrons. The molecule has 4 heteroatoms. The maximum Gasteiger partial charge on any atom is 0.0813 e. The lowest BCUT2D eigenvalue weighted by molar-refractivity contribution is -0.218. The van der Waals surface area contributed by atoms with Crippen LogP contribution in [0.15, 0.2) is 12.2 Å². The Bertz CT molecular complexity index is 695. The smallest absolute Gasteiger partial charge is 0.0813 e. The van der Waals surface area contributed by atoms with E-state index in [0.29, 0.717) is 17.9 Å². The number of piperidine rings is 1. The number of fused-ring (bicyclic) bond motifs is 1. The molecule has 0 aromatic heterocycles. The van der Waals surface area contributed by atoms with Gasteiger partial charge in [0.1, 0.15) is 0 Å². The molecule has 5 saturated carbocycles. The summed E-state index contributed by atoms with van der Waals surface area (Å²) in [6.07, 6.45) is 3.58. The highest BCUT2D eigenvalue weighted by Gasteiger charge is 2.85. The maximum absolute atomic E-state index is 11.5. The first-order chi connectivity index (χ1) is 12.3. The van der Waals surface area contributed by atoms with Crippen LogP contribution in [0.2, 0.25) is 0 Å². The highest BCUT2D eigenvalue weighted by atomic mass is 16.3. The fourth-order valence-electron chi connectivity index (χ4n) is 9.97. The van der Waals surface area contributed by atoms with Crippen molar-refractivity contribution in [1.29, 1.82) is 0 Å². The first-order valence-corrected chi connectivity index (χ1v) is 10.8. The largest absolute Gasteiger partial charge is 0.392 e. The van der Waals surface area contributed by atoms with Crippen molar-refractivity contribution in [1.82, 2.24) is 4.90 Å². The van der Waals surface area contributed by atoms with Gasteiger partial charge in [-0.1, -0.05) is 20.4 Å². The van der Waals surface area contributed by atoms with Crippen LogP contribution in [0, 0.1) is 39.9 Å². The Morgan fingerprint density at radius 3 is 2.69 bits per heavy atom. The van der Waals surface area contributed by atoms with E-state index in [9.17, 15) is 15.3 Å². The monoisotopic (exact) mass is 359 g/mol. The lowest BCUT2D eigenvalue weighted by Crippen LogP contribution is -2.68. The number of rotatable bonds is 1. The molecule has 4 nitrogen and oxygen atoms in total. The van der Waals surface area contributed by atoms with Crippen LogP contribution < -0.4 is 0 Å². The van der Waals surface area contributed by atoms with E-state index in [1.54, 1.807) is 0 Å². The Hall–Kier alpha value is -0.420. The lowest BCUT2D eigenvalue weighted by Gasteiger charge is -2.65. The topological polar surface area (TPSA) is 63.9 Å². The van der Waals surface area contributed by atoms with Gasteiger partial charge < -0.3 is 15.3 Å². The summed E-state index contributed by atoms with van der Waals surface area (Å²) in [6.45, 7) is 11.1. The van der Waals surface area contributed by atoms with Gasteiger partial charge in [0.25, 0.3) is 0 Å². The molecule has 0 aromatic carbocycles. The van der Waals surface area contributed by atoms with Crippen molar-refractivity contribution in [3.63, 3.8) is 0 Å². The van der Waals surface area contributed by atoms with Crippen molar-refractivity contribution < 1.29 is 15.3 Å². The second-order valence-electron chi connectivity index (χ2n) is 10.9. The van der Waals surface area contributed by atoms with Gasteiger partial charge in [-0.05, 0) is 67.4 Å². The summed E-state index contributed by atoms with van der Waals surface area (Å²) in [6, 6.07) is 0.373. The zero-order valence-corrected chi connectivity index (χ0v) is 16.1. The van der Waals surface area contributed by atoms with Gasteiger partial charge in [0, 0.05) is 29.3 Å². The van der Waals surface area contributed by atoms with Crippen LogP contribution in [0.1, 0.15) is 46.0 Å². The number of hydrogen-bond donors (Lipinski definition) is 3. The number of aliphatic hydroxyl groups is 3. The molecule has 0 amide bonds. The van der Waals surface area contributed by atoms with E-state index in [4.69, 9.17) is 0 Å². The minimum absolute atomic E-state index is 0.0547. The van der Waals surface area contributed by atoms with Crippen molar-refractivity contribution in [2.45, 2.75) is 70.3 Å². The Morgan fingerprint density at radius 2 is 1.96 bits per heavy atom. The Labute approximate surface area is 156 Å². The predicted molar refractivity (Wildman–Crippen MR) is 98.2 cm³/mol. The minimum Gasteiger partial charge on any atom is -0.392 e. The summed E-state index contributed by atoms with van der Waals surface area (Å²) >= 11 is 0. The molecule has 1 heterocycles. The molecule has 2 spiro atoms. The SMILES string of the molecule is C=C1[C@H]2CC3(C4C[C@H]5C6(C4N(CC)C[C@]5(C)CC[C@@H]6O)[C@@H]3C[C@@H]2O)[C@@H]1O. The van der Waals surface area contributed by atoms with Crippen LogP contribution in [-0.4, -0.2) is 57.7 Å². The van der Waals surface area contributed by atoms with Crippen LogP contribution in [-0.2, 0) is 0 Å². The predicted octanol–water partition coefficient (Wildman–Crippen LogP) is 1.79. The van der Waals surface area contributed by atoms with E-state index in [-0.39, 0.29) is 34.2 Å². The molecule has 6 fully saturated rings. The number of nitrogens with zero attached hydrogens (tertiary/aromatic N) is 1. The van der Waals surface area contributed by atoms with Gasteiger partial charge in [0.2, 0.25) is 0 Å². The molecule has 7 bridgehead atoms. The molecular formula is C22H33NO3. The molecular weight excluding hydrogens is 326 g/mol. The molecule has 144 valence electrons. The van der Waals surface area contributed by atoms with Gasteiger partial charge in [-0.2, -0.15) is 0 Å². The average Bonchev–Trinajstić information content (AvgIpc) is 3.14. The summed E-state index contributed by atoms with van der Waals surface area (Å²) in [4.78, 5) is 2.65. The van der Waals surface area contributed by atoms with E-state index in [1.165, 1.54) is 0 Å². The van der Waals surface area contributed by atoms with Gasteiger partial charge in [-0.3, -0.25) is 4.90 Å². The summed E-state index contributed by atoms with van der Waals surface area (Å²) in [5, 5.41) is 33.8. The van der Waals surface area contributed by atoms with Crippen LogP contribution in [0.5, 0.6) is 0 Å². The van der Waals surface area contributed by atoms with Crippen molar-refractivity contribution in [3.8, 4) is 0 Å². The Balaban J connectivity index is 1.61. The van der Waals surface area contributed by atoms with Gasteiger partial charge >= 0.3 is 0 Å². The van der Waals surface area contributed by atoms with Gasteiger partial charge in [-0.25, -0.2) is 0 Å². The molecule has 5 aliphatic carbocycles. The zero-order valence-electron chi connectivity index (χ0n) is 16.1. The van der Waals surface area contributed by atoms with Gasteiger partial charge in [0.05, 0.1) is 18.3 Å². The molecule has 11 atom stereocenters. The van der Waals surface area contributed by atoms with Gasteiger partial charge in [0.15, 0.2) is 0 Å². The van der Waals surface area contributed by atoms with Crippen LogP contribution >= 0.6 is 0 Å². The second kappa shape index (κ2) is 4.59. The van der Waals surface area contributed by atoms with E-state index in [1.807, 2.05) is 0 Å².